The minimum absolute atomic E-state index is 0. The zero-order chi connectivity index (χ0) is 56.6. The van der Waals surface area contributed by atoms with Crippen LogP contribution in [-0.4, -0.2) is 9.55 Å². The van der Waals surface area contributed by atoms with Gasteiger partial charge in [-0.3, -0.25) is 0 Å². The average molecular weight is 1250 g/mol. The van der Waals surface area contributed by atoms with Gasteiger partial charge in [0.1, 0.15) is 5.82 Å². The van der Waals surface area contributed by atoms with Gasteiger partial charge in [-0.15, -0.1) is 48.3 Å². The second-order valence-electron chi connectivity index (χ2n) is 25.9. The van der Waals surface area contributed by atoms with Gasteiger partial charge in [0, 0.05) is 78.0 Å². The van der Waals surface area contributed by atoms with Crippen molar-refractivity contribution in [3.8, 4) is 61.8 Å². The molecular weight excluding hydrogens is 1180 g/mol. The third-order valence-electron chi connectivity index (χ3n) is 16.0. The number of rotatable bonds is 9. The topological polar surface area (TPSA) is 33.5 Å². The van der Waals surface area contributed by atoms with Gasteiger partial charge in [-0.25, -0.2) is 4.98 Å². The molecule has 12 rings (SSSR count). The van der Waals surface area contributed by atoms with E-state index in [1.165, 1.54) is 22.3 Å². The Morgan fingerprint density at radius 3 is 1.50 bits per heavy atom. The molecule has 82 heavy (non-hydrogen) atoms. The standard InChI is InChI=1S/C76H71N4O.Pt/c1-73(2,3)54-38-32-51(33-39-54)61-28-21-27-60(50-22-14-13-15-23-50)72(61)79-49-78(67-30-18-19-31-68(67)79)57-24-20-25-58(44-57)81-59-45-63(52-34-40-55(41-35-52)74(4,5)6)71-62-26-16-17-29-66(62)80(69(71)46-59)70-47-65(76(10,11)12)64(48-77-70)53-36-42-56(43-37-53)75(7,8)9;/h13-43,45,47-49H,1-12H3;/q-3;. The molecule has 5 nitrogen and oxygen atoms in total. The smallest absolute Gasteiger partial charge is 0.135 e. The molecule has 0 fully saturated rings. The fraction of sp³-hybridized carbons (Fsp3) is 0.211. The Labute approximate surface area is 500 Å². The molecule has 0 aliphatic carbocycles. The van der Waals surface area contributed by atoms with Gasteiger partial charge in [0.15, 0.2) is 0 Å². The summed E-state index contributed by atoms with van der Waals surface area (Å²) in [6.45, 7) is 29.4. The van der Waals surface area contributed by atoms with Crippen molar-refractivity contribution in [3.05, 3.63) is 247 Å². The van der Waals surface area contributed by atoms with E-state index < -0.39 is 0 Å². The first-order valence-corrected chi connectivity index (χ1v) is 28.4. The Morgan fingerprint density at radius 2 is 0.927 bits per heavy atom. The van der Waals surface area contributed by atoms with E-state index in [4.69, 9.17) is 9.72 Å². The number of hydrogen-bond acceptors (Lipinski definition) is 4. The van der Waals surface area contributed by atoms with Crippen LogP contribution in [0.15, 0.2) is 206 Å². The Bertz CT molecular complexity index is 4130. The number of nitrogens with zero attached hydrogens (tertiary/aromatic N) is 4. The van der Waals surface area contributed by atoms with Crippen molar-refractivity contribution in [2.75, 3.05) is 9.80 Å². The third kappa shape index (κ3) is 10.6. The van der Waals surface area contributed by atoms with E-state index in [1.807, 2.05) is 6.07 Å². The molecular formula is C76H71N4OPt-3. The Kier molecular flexibility index (Phi) is 14.6. The summed E-state index contributed by atoms with van der Waals surface area (Å²) >= 11 is 0. The number of aromatic nitrogens is 2. The predicted molar refractivity (Wildman–Crippen MR) is 341 cm³/mol. The van der Waals surface area contributed by atoms with E-state index in [1.54, 1.807) is 0 Å². The number of anilines is 4. The summed E-state index contributed by atoms with van der Waals surface area (Å²) in [4.78, 5) is 9.91. The minimum Gasteiger partial charge on any atom is -0.509 e. The van der Waals surface area contributed by atoms with E-state index in [9.17, 15) is 0 Å². The van der Waals surface area contributed by atoms with Crippen molar-refractivity contribution in [1.29, 1.82) is 0 Å². The third-order valence-corrected chi connectivity index (χ3v) is 16.0. The SMILES string of the molecule is CC(C)(C)c1ccc(-c2cnc(-n3c4[c-]c(Oc5[c-]c(N6[CH-]N(c7c(-c8ccccc8)cccc7-c7ccc(C(C)(C)C)cc7)c7ccccc76)ccc5)cc(-c5ccc(C(C)(C)C)cc5)c4c4ccccc43)cc2C(C)(C)C)cc1.[Pt]. The van der Waals surface area contributed by atoms with Crippen LogP contribution in [0.25, 0.3) is 72.1 Å². The number of hydrogen-bond donors (Lipinski definition) is 0. The fourth-order valence-electron chi connectivity index (χ4n) is 11.5. The number of fused-ring (bicyclic) bond motifs is 4. The van der Waals surface area contributed by atoms with Crippen molar-refractivity contribution in [2.24, 2.45) is 0 Å². The maximum atomic E-state index is 7.09. The molecule has 0 atom stereocenters. The van der Waals surface area contributed by atoms with Gasteiger partial charge >= 0.3 is 0 Å². The molecule has 0 amide bonds. The van der Waals surface area contributed by atoms with Crippen LogP contribution in [-0.2, 0) is 42.7 Å². The van der Waals surface area contributed by atoms with Crippen molar-refractivity contribution >= 4 is 44.6 Å². The molecule has 9 aromatic carbocycles. The summed E-state index contributed by atoms with van der Waals surface area (Å²) in [5.74, 6) is 1.97. The summed E-state index contributed by atoms with van der Waals surface area (Å²) in [5, 5.41) is 2.20. The quantitative estimate of drug-likeness (QED) is 0.135. The van der Waals surface area contributed by atoms with Crippen LogP contribution in [0.2, 0.25) is 0 Å². The Morgan fingerprint density at radius 1 is 0.427 bits per heavy atom. The number of ether oxygens (including phenoxy) is 1. The minimum atomic E-state index is -0.191. The molecule has 1 aliphatic heterocycles. The molecule has 3 heterocycles. The van der Waals surface area contributed by atoms with E-state index in [0.29, 0.717) is 11.5 Å². The largest absolute Gasteiger partial charge is 0.509 e. The van der Waals surface area contributed by atoms with Crippen molar-refractivity contribution in [3.63, 3.8) is 0 Å². The summed E-state index contributed by atoms with van der Waals surface area (Å²) in [6, 6.07) is 79.9. The van der Waals surface area contributed by atoms with Gasteiger partial charge in [-0.05, 0) is 95.8 Å². The zero-order valence-corrected chi connectivity index (χ0v) is 51.5. The van der Waals surface area contributed by atoms with Crippen LogP contribution >= 0.6 is 0 Å². The van der Waals surface area contributed by atoms with E-state index in [2.05, 4.69) is 317 Å². The second-order valence-corrected chi connectivity index (χ2v) is 25.9. The monoisotopic (exact) mass is 1250 g/mol. The molecule has 2 aromatic heterocycles. The normalized spacial score (nSPS) is 12.9. The first-order chi connectivity index (χ1) is 38.7. The molecule has 0 bridgehead atoms. The van der Waals surface area contributed by atoms with Crippen molar-refractivity contribution in [2.45, 2.75) is 105 Å². The molecule has 414 valence electrons. The number of pyridine rings is 1. The predicted octanol–water partition coefficient (Wildman–Crippen LogP) is 20.8. The van der Waals surface area contributed by atoms with Crippen LogP contribution < -0.4 is 14.5 Å². The molecule has 0 N–H and O–H groups in total. The van der Waals surface area contributed by atoms with Crippen molar-refractivity contribution in [1.82, 2.24) is 9.55 Å². The summed E-state index contributed by atoms with van der Waals surface area (Å²) in [6.07, 6.45) is 2.06. The number of benzene rings is 9. The summed E-state index contributed by atoms with van der Waals surface area (Å²) in [7, 11) is 0. The van der Waals surface area contributed by atoms with E-state index >= 15 is 0 Å². The van der Waals surface area contributed by atoms with Crippen LogP contribution in [0.5, 0.6) is 11.5 Å². The molecule has 0 saturated heterocycles. The van der Waals surface area contributed by atoms with Gasteiger partial charge in [-0.1, -0.05) is 246 Å². The van der Waals surface area contributed by atoms with E-state index in [-0.39, 0.29) is 42.7 Å². The van der Waals surface area contributed by atoms with E-state index in [0.717, 1.165) is 94.9 Å². The van der Waals surface area contributed by atoms with Gasteiger partial charge < -0.3 is 19.1 Å². The number of para-hydroxylation sites is 4. The summed E-state index contributed by atoms with van der Waals surface area (Å²) in [5.41, 5.74) is 20.0. The molecule has 0 unspecified atom stereocenters. The first-order valence-electron chi connectivity index (χ1n) is 28.4. The maximum absolute atomic E-state index is 7.09. The van der Waals surface area contributed by atoms with Crippen LogP contribution in [0.3, 0.4) is 0 Å². The van der Waals surface area contributed by atoms with Gasteiger partial charge in [0.05, 0.1) is 0 Å². The second kappa shape index (κ2) is 21.4. The Balaban J connectivity index is 0.00000705. The molecule has 1 aliphatic rings. The maximum Gasteiger partial charge on any atom is 0.135 e. The first kappa shape index (κ1) is 55.9. The average Bonchev–Trinajstić information content (AvgIpc) is 2.99. The summed E-state index contributed by atoms with van der Waals surface area (Å²) < 4.78 is 9.37. The van der Waals surface area contributed by atoms with Crippen LogP contribution in [0.1, 0.15) is 105 Å². The Hall–Kier alpha value is -7.98. The molecule has 6 heteroatoms. The molecule has 11 aromatic rings. The van der Waals surface area contributed by atoms with Crippen molar-refractivity contribution < 1.29 is 25.8 Å². The fourth-order valence-corrected chi connectivity index (χ4v) is 11.5. The molecule has 0 saturated carbocycles. The van der Waals surface area contributed by atoms with Crippen LogP contribution in [0, 0.1) is 18.8 Å². The molecule has 0 spiro atoms. The van der Waals surface area contributed by atoms with Crippen LogP contribution in [0.4, 0.5) is 22.7 Å². The van der Waals surface area contributed by atoms with Gasteiger partial charge in [-0.2, -0.15) is 6.07 Å². The van der Waals surface area contributed by atoms with Gasteiger partial charge in [0.25, 0.3) is 0 Å². The zero-order valence-electron chi connectivity index (χ0n) is 49.2. The van der Waals surface area contributed by atoms with Gasteiger partial charge in [0.2, 0.25) is 0 Å². The molecule has 0 radical (unpaired) electrons.